The lowest BCUT2D eigenvalue weighted by Crippen LogP contribution is -2.29. The van der Waals surface area contributed by atoms with Crippen molar-refractivity contribution in [2.24, 2.45) is 0 Å². The fraction of sp³-hybridized carbons (Fsp3) is 0.450. The molecule has 1 aromatic carbocycles. The van der Waals surface area contributed by atoms with Gasteiger partial charge in [0.05, 0.1) is 5.69 Å². The zero-order chi connectivity index (χ0) is 16.1. The number of hydrogen-bond donors (Lipinski definition) is 1. The second kappa shape index (κ2) is 7.60. The molecule has 0 atom stereocenters. The maximum Gasteiger partial charge on any atom is 0.255 e. The number of aromatic nitrogens is 1. The topological polar surface area (TPSA) is 34.0 Å². The van der Waals surface area contributed by atoms with Crippen LogP contribution in [0.4, 0.5) is 0 Å². The van der Waals surface area contributed by atoms with E-state index in [0.717, 1.165) is 36.2 Å². The Morgan fingerprint density at radius 1 is 1.09 bits per heavy atom. The number of nitrogens with one attached hydrogen (secondary N) is 1. The van der Waals surface area contributed by atoms with Gasteiger partial charge >= 0.3 is 0 Å². The second-order valence-electron chi connectivity index (χ2n) is 6.43. The molecular weight excluding hydrogens is 284 g/mol. The van der Waals surface area contributed by atoms with Crippen LogP contribution in [0.5, 0.6) is 0 Å². The smallest absolute Gasteiger partial charge is 0.255 e. The molecular formula is C20H26N2O. The van der Waals surface area contributed by atoms with Gasteiger partial charge in [0, 0.05) is 24.7 Å². The predicted molar refractivity (Wildman–Crippen MR) is 95.5 cm³/mol. The van der Waals surface area contributed by atoms with E-state index in [1.54, 1.807) is 0 Å². The summed E-state index contributed by atoms with van der Waals surface area (Å²) in [5.74, 6) is 0. The van der Waals surface area contributed by atoms with Crippen LogP contribution in [-0.4, -0.2) is 10.6 Å². The molecule has 3 rings (SSSR count). The third-order valence-electron chi connectivity index (χ3n) is 4.47. The molecule has 23 heavy (non-hydrogen) atoms. The number of nitrogens with zero attached hydrogens (tertiary/aromatic N) is 1. The van der Waals surface area contributed by atoms with Crippen LogP contribution >= 0.6 is 0 Å². The monoisotopic (exact) mass is 310 g/mol. The van der Waals surface area contributed by atoms with Crippen LogP contribution < -0.4 is 10.9 Å². The summed E-state index contributed by atoms with van der Waals surface area (Å²) < 4.78 is 1.97. The number of hydrogen-bond acceptors (Lipinski definition) is 2. The van der Waals surface area contributed by atoms with Gasteiger partial charge in [0.2, 0.25) is 0 Å². The Morgan fingerprint density at radius 2 is 1.87 bits per heavy atom. The summed E-state index contributed by atoms with van der Waals surface area (Å²) in [5.41, 5.74) is 3.19. The molecule has 3 heteroatoms. The fourth-order valence-corrected chi connectivity index (χ4v) is 2.90. The minimum Gasteiger partial charge on any atom is -0.310 e. The van der Waals surface area contributed by atoms with Gasteiger partial charge in [-0.2, -0.15) is 0 Å². The highest BCUT2D eigenvalue weighted by Crippen LogP contribution is 2.21. The van der Waals surface area contributed by atoms with Crippen LogP contribution in [0.3, 0.4) is 0 Å². The summed E-state index contributed by atoms with van der Waals surface area (Å²) >= 11 is 0. The van der Waals surface area contributed by atoms with Gasteiger partial charge in [-0.1, -0.05) is 56.2 Å². The van der Waals surface area contributed by atoms with Crippen LogP contribution in [0, 0.1) is 0 Å². The maximum absolute atomic E-state index is 12.9. The molecule has 1 saturated carbocycles. The van der Waals surface area contributed by atoms with Crippen molar-refractivity contribution < 1.29 is 0 Å². The summed E-state index contributed by atoms with van der Waals surface area (Å²) in [4.78, 5) is 12.9. The molecule has 2 aromatic rings. The third kappa shape index (κ3) is 4.11. The van der Waals surface area contributed by atoms with E-state index in [0.29, 0.717) is 12.6 Å². The molecule has 3 nitrogen and oxygen atoms in total. The normalized spacial score (nSPS) is 14.1. The van der Waals surface area contributed by atoms with E-state index in [1.165, 1.54) is 19.3 Å². The minimum absolute atomic E-state index is 0.163. The molecule has 0 saturated heterocycles. The molecule has 0 unspecified atom stereocenters. The number of unbranched alkanes of at least 4 members (excludes halogenated alkanes) is 2. The van der Waals surface area contributed by atoms with Crippen molar-refractivity contribution in [1.82, 2.24) is 9.88 Å². The van der Waals surface area contributed by atoms with Crippen molar-refractivity contribution in [3.63, 3.8) is 0 Å². The lowest BCUT2D eigenvalue weighted by atomic mass is 10.1. The molecule has 0 spiro atoms. The Hall–Kier alpha value is -1.87. The lowest BCUT2D eigenvalue weighted by molar-refractivity contribution is 0.583. The first-order valence-electron chi connectivity index (χ1n) is 8.81. The molecule has 0 radical (unpaired) electrons. The van der Waals surface area contributed by atoms with Crippen LogP contribution in [0.15, 0.2) is 47.3 Å². The number of pyridine rings is 1. The van der Waals surface area contributed by atoms with Crippen molar-refractivity contribution >= 4 is 0 Å². The lowest BCUT2D eigenvalue weighted by Gasteiger charge is -2.15. The average Bonchev–Trinajstić information content (AvgIpc) is 3.40. The second-order valence-corrected chi connectivity index (χ2v) is 6.43. The third-order valence-corrected chi connectivity index (χ3v) is 4.47. The van der Waals surface area contributed by atoms with Crippen LogP contribution in [0.2, 0.25) is 0 Å². The Balaban J connectivity index is 1.90. The van der Waals surface area contributed by atoms with Gasteiger partial charge in [0.1, 0.15) is 0 Å². The van der Waals surface area contributed by atoms with E-state index >= 15 is 0 Å². The molecule has 1 heterocycles. The molecule has 0 amide bonds. The zero-order valence-electron chi connectivity index (χ0n) is 13.9. The van der Waals surface area contributed by atoms with Crippen molar-refractivity contribution in [3.8, 4) is 11.3 Å². The van der Waals surface area contributed by atoms with Crippen LogP contribution in [0.1, 0.15) is 44.6 Å². The van der Waals surface area contributed by atoms with Gasteiger partial charge in [-0.15, -0.1) is 0 Å². The maximum atomic E-state index is 12.9. The van der Waals surface area contributed by atoms with Gasteiger partial charge in [-0.05, 0) is 30.9 Å². The standard InChI is InChI=1S/C20H26N2O/c1-2-3-7-14-22-19(16-8-5-4-6-9-16)13-10-17(20(22)23)15-21-18-11-12-18/h4-6,8-10,13,18,21H,2-3,7,11-12,14-15H2,1H3. The quantitative estimate of drug-likeness (QED) is 0.749. The van der Waals surface area contributed by atoms with E-state index in [-0.39, 0.29) is 5.56 Å². The predicted octanol–water partition coefficient (Wildman–Crippen LogP) is 3.96. The first-order valence-corrected chi connectivity index (χ1v) is 8.81. The Bertz CT molecular complexity index is 687. The highest BCUT2D eigenvalue weighted by molar-refractivity contribution is 5.59. The first-order chi connectivity index (χ1) is 11.3. The summed E-state index contributed by atoms with van der Waals surface area (Å²) in [6.45, 7) is 3.68. The number of rotatable bonds is 8. The van der Waals surface area contributed by atoms with Crippen molar-refractivity contribution in [2.75, 3.05) is 0 Å². The van der Waals surface area contributed by atoms with Crippen LogP contribution in [-0.2, 0) is 13.1 Å². The Kier molecular flexibility index (Phi) is 5.29. The molecule has 0 aliphatic heterocycles. The summed E-state index contributed by atoms with van der Waals surface area (Å²) in [5, 5.41) is 3.45. The minimum atomic E-state index is 0.163. The van der Waals surface area contributed by atoms with Gasteiger partial charge in [0.15, 0.2) is 0 Å². The van der Waals surface area contributed by atoms with E-state index < -0.39 is 0 Å². The molecule has 1 N–H and O–H groups in total. The van der Waals surface area contributed by atoms with Crippen LogP contribution in [0.25, 0.3) is 11.3 Å². The zero-order valence-corrected chi connectivity index (χ0v) is 13.9. The van der Waals surface area contributed by atoms with Gasteiger partial charge in [-0.3, -0.25) is 4.79 Å². The first kappa shape index (κ1) is 16.0. The van der Waals surface area contributed by atoms with Crippen molar-refractivity contribution in [2.45, 2.75) is 58.2 Å². The summed E-state index contributed by atoms with van der Waals surface area (Å²) in [6, 6.07) is 14.9. The van der Waals surface area contributed by atoms with Crippen molar-refractivity contribution in [3.05, 3.63) is 58.4 Å². The molecule has 122 valence electrons. The average molecular weight is 310 g/mol. The highest BCUT2D eigenvalue weighted by atomic mass is 16.1. The SMILES string of the molecule is CCCCCn1c(-c2ccccc2)ccc(CNC2CC2)c1=O. The van der Waals surface area contributed by atoms with Crippen molar-refractivity contribution in [1.29, 1.82) is 0 Å². The molecule has 1 aliphatic carbocycles. The van der Waals surface area contributed by atoms with Gasteiger partial charge in [0.25, 0.3) is 5.56 Å². The molecule has 1 fully saturated rings. The molecule has 0 bridgehead atoms. The molecule has 1 aromatic heterocycles. The van der Waals surface area contributed by atoms with E-state index in [2.05, 4.69) is 30.4 Å². The van der Waals surface area contributed by atoms with Gasteiger partial charge in [-0.25, -0.2) is 0 Å². The largest absolute Gasteiger partial charge is 0.310 e. The van der Waals surface area contributed by atoms with Gasteiger partial charge < -0.3 is 9.88 Å². The van der Waals surface area contributed by atoms with E-state index in [1.807, 2.05) is 28.8 Å². The summed E-state index contributed by atoms with van der Waals surface area (Å²) in [6.07, 6.45) is 5.86. The Labute approximate surface area is 138 Å². The Morgan fingerprint density at radius 3 is 2.57 bits per heavy atom. The molecule has 1 aliphatic rings. The van der Waals surface area contributed by atoms with E-state index in [9.17, 15) is 4.79 Å². The van der Waals surface area contributed by atoms with E-state index in [4.69, 9.17) is 0 Å². The fourth-order valence-electron chi connectivity index (χ4n) is 2.90. The highest BCUT2D eigenvalue weighted by Gasteiger charge is 2.21. The summed E-state index contributed by atoms with van der Waals surface area (Å²) in [7, 11) is 0. The number of benzene rings is 1.